The number of nitrogens with one attached hydrogen (secondary N) is 2. The normalized spacial score (nSPS) is 18.6. The Morgan fingerprint density at radius 3 is 2.34 bits per heavy atom. The van der Waals surface area contributed by atoms with E-state index in [9.17, 15) is 9.59 Å². The second-order valence-electron chi connectivity index (χ2n) is 7.14. The third-order valence-corrected chi connectivity index (χ3v) is 5.31. The van der Waals surface area contributed by atoms with E-state index in [-0.39, 0.29) is 23.7 Å². The van der Waals surface area contributed by atoms with Crippen LogP contribution in [0.3, 0.4) is 0 Å². The van der Waals surface area contributed by atoms with Crippen LogP contribution in [0.25, 0.3) is 0 Å². The second-order valence-corrected chi connectivity index (χ2v) is 7.14. The van der Waals surface area contributed by atoms with Crippen LogP contribution in [0, 0.1) is 11.8 Å². The summed E-state index contributed by atoms with van der Waals surface area (Å²) < 4.78 is 10.5. The number of carbonyl (C=O) groups is 2. The van der Waals surface area contributed by atoms with Crippen molar-refractivity contribution in [3.05, 3.63) is 48.3 Å². The maximum Gasteiger partial charge on any atom is 0.227 e. The molecule has 2 aromatic rings. The zero-order chi connectivity index (χ0) is 20.6. The van der Waals surface area contributed by atoms with Crippen molar-refractivity contribution >= 4 is 17.5 Å². The van der Waals surface area contributed by atoms with Crippen molar-refractivity contribution in [2.45, 2.75) is 32.2 Å². The summed E-state index contributed by atoms with van der Waals surface area (Å²) in [5.41, 5.74) is 1.45. The van der Waals surface area contributed by atoms with Gasteiger partial charge in [0.2, 0.25) is 11.8 Å². The monoisotopic (exact) mass is 397 g/mol. The maximum atomic E-state index is 12.7. The Labute approximate surface area is 170 Å². The number of hydrogen-bond donors (Lipinski definition) is 2. The fourth-order valence-corrected chi connectivity index (χ4v) is 3.58. The zero-order valence-electron chi connectivity index (χ0n) is 16.8. The molecule has 7 nitrogen and oxygen atoms in total. The Kier molecular flexibility index (Phi) is 7.05. The topological polar surface area (TPSA) is 89.5 Å². The van der Waals surface area contributed by atoms with Gasteiger partial charge in [0.1, 0.15) is 11.5 Å². The predicted octanol–water partition coefficient (Wildman–Crippen LogP) is 3.16. The van der Waals surface area contributed by atoms with E-state index >= 15 is 0 Å². The van der Waals surface area contributed by atoms with Gasteiger partial charge in [-0.15, -0.1) is 0 Å². The summed E-state index contributed by atoms with van der Waals surface area (Å²) >= 11 is 0. The SMILES string of the molecule is COc1ccc(NC(=O)C2CCC(C(=O)NCc3ccccn3)CC2)c(OC)c1. The molecule has 0 spiro atoms. The quantitative estimate of drug-likeness (QED) is 0.749. The van der Waals surface area contributed by atoms with Crippen molar-refractivity contribution in [2.24, 2.45) is 11.8 Å². The number of aromatic nitrogens is 1. The van der Waals surface area contributed by atoms with Crippen molar-refractivity contribution in [3.8, 4) is 11.5 Å². The van der Waals surface area contributed by atoms with Gasteiger partial charge in [-0.05, 0) is 49.9 Å². The Hall–Kier alpha value is -3.09. The predicted molar refractivity (Wildman–Crippen MR) is 110 cm³/mol. The summed E-state index contributed by atoms with van der Waals surface area (Å²) in [5.74, 6) is 1.05. The molecule has 0 unspecified atom stereocenters. The zero-order valence-corrected chi connectivity index (χ0v) is 16.8. The third kappa shape index (κ3) is 5.47. The van der Waals surface area contributed by atoms with Gasteiger partial charge in [0.05, 0.1) is 32.1 Å². The molecule has 1 heterocycles. The highest BCUT2D eigenvalue weighted by Gasteiger charge is 2.30. The number of nitrogens with zero attached hydrogens (tertiary/aromatic N) is 1. The number of benzene rings is 1. The van der Waals surface area contributed by atoms with Gasteiger partial charge in [0.25, 0.3) is 0 Å². The molecule has 2 amide bonds. The number of carbonyl (C=O) groups excluding carboxylic acids is 2. The first-order valence-electron chi connectivity index (χ1n) is 9.81. The molecule has 0 aliphatic heterocycles. The number of ether oxygens (including phenoxy) is 2. The van der Waals surface area contributed by atoms with Crippen LogP contribution in [-0.2, 0) is 16.1 Å². The van der Waals surface area contributed by atoms with E-state index in [0.717, 1.165) is 5.69 Å². The van der Waals surface area contributed by atoms with Gasteiger partial charge in [-0.2, -0.15) is 0 Å². The Morgan fingerprint density at radius 1 is 1.00 bits per heavy atom. The molecule has 154 valence electrons. The molecular weight excluding hydrogens is 370 g/mol. The van der Waals surface area contributed by atoms with Crippen molar-refractivity contribution in [1.82, 2.24) is 10.3 Å². The number of pyridine rings is 1. The summed E-state index contributed by atoms with van der Waals surface area (Å²) in [6, 6.07) is 10.9. The first kappa shape index (κ1) is 20.6. The van der Waals surface area contributed by atoms with Gasteiger partial charge in [-0.25, -0.2) is 0 Å². The summed E-state index contributed by atoms with van der Waals surface area (Å²) in [7, 11) is 3.14. The molecule has 1 saturated carbocycles. The Balaban J connectivity index is 1.48. The highest BCUT2D eigenvalue weighted by Crippen LogP contribution is 2.33. The van der Waals surface area contributed by atoms with Gasteiger partial charge in [0, 0.05) is 24.1 Å². The van der Waals surface area contributed by atoms with Crippen molar-refractivity contribution in [1.29, 1.82) is 0 Å². The van der Waals surface area contributed by atoms with Gasteiger partial charge < -0.3 is 20.1 Å². The van der Waals surface area contributed by atoms with Crippen molar-refractivity contribution < 1.29 is 19.1 Å². The molecule has 0 radical (unpaired) electrons. The first-order chi connectivity index (χ1) is 14.1. The average Bonchev–Trinajstić information content (AvgIpc) is 2.78. The van der Waals surface area contributed by atoms with Gasteiger partial charge >= 0.3 is 0 Å². The highest BCUT2D eigenvalue weighted by molar-refractivity contribution is 5.94. The average molecular weight is 397 g/mol. The number of anilines is 1. The number of hydrogen-bond acceptors (Lipinski definition) is 5. The molecular formula is C22H27N3O4. The van der Waals surface area contributed by atoms with Gasteiger partial charge in [-0.1, -0.05) is 6.07 Å². The third-order valence-electron chi connectivity index (χ3n) is 5.31. The summed E-state index contributed by atoms with van der Waals surface area (Å²) in [5, 5.41) is 5.89. The largest absolute Gasteiger partial charge is 0.497 e. The van der Waals surface area contributed by atoms with Crippen LogP contribution in [0.1, 0.15) is 31.4 Å². The number of rotatable bonds is 7. The molecule has 3 rings (SSSR count). The van der Waals surface area contributed by atoms with Crippen LogP contribution in [-0.4, -0.2) is 31.0 Å². The van der Waals surface area contributed by atoms with Crippen molar-refractivity contribution in [3.63, 3.8) is 0 Å². The van der Waals surface area contributed by atoms with Crippen molar-refractivity contribution in [2.75, 3.05) is 19.5 Å². The fraction of sp³-hybridized carbons (Fsp3) is 0.409. The smallest absolute Gasteiger partial charge is 0.227 e. The molecule has 0 bridgehead atoms. The van der Waals surface area contributed by atoms with Crippen LogP contribution in [0.15, 0.2) is 42.6 Å². The fourth-order valence-electron chi connectivity index (χ4n) is 3.58. The van der Waals surface area contributed by atoms with Crippen LogP contribution in [0.5, 0.6) is 11.5 Å². The lowest BCUT2D eigenvalue weighted by molar-refractivity contribution is -0.128. The number of methoxy groups -OCH3 is 2. The summed E-state index contributed by atoms with van der Waals surface area (Å²) in [6.45, 7) is 0.428. The van der Waals surface area contributed by atoms with E-state index in [1.165, 1.54) is 0 Å². The molecule has 29 heavy (non-hydrogen) atoms. The number of amides is 2. The van der Waals surface area contributed by atoms with E-state index in [1.807, 2.05) is 18.2 Å². The lowest BCUT2D eigenvalue weighted by Gasteiger charge is -2.27. The summed E-state index contributed by atoms with van der Waals surface area (Å²) in [6.07, 6.45) is 4.48. The van der Waals surface area contributed by atoms with E-state index in [1.54, 1.807) is 38.6 Å². The second kappa shape index (κ2) is 9.91. The first-order valence-corrected chi connectivity index (χ1v) is 9.81. The minimum Gasteiger partial charge on any atom is -0.497 e. The van der Waals surface area contributed by atoms with E-state index in [0.29, 0.717) is 49.4 Å². The van der Waals surface area contributed by atoms with Crippen LogP contribution in [0.4, 0.5) is 5.69 Å². The molecule has 7 heteroatoms. The van der Waals surface area contributed by atoms with Gasteiger partial charge in [-0.3, -0.25) is 14.6 Å². The standard InChI is InChI=1S/C22H27N3O4/c1-28-18-10-11-19(20(13-18)29-2)25-22(27)16-8-6-15(7-9-16)21(26)24-14-17-5-3-4-12-23-17/h3-5,10-13,15-16H,6-9,14H2,1-2H3,(H,24,26)(H,25,27). The molecule has 0 atom stereocenters. The molecule has 1 aliphatic carbocycles. The van der Waals surface area contributed by atoms with E-state index in [4.69, 9.17) is 9.47 Å². The van der Waals surface area contributed by atoms with Gasteiger partial charge in [0.15, 0.2) is 0 Å². The molecule has 1 aromatic heterocycles. The molecule has 1 aromatic carbocycles. The molecule has 2 N–H and O–H groups in total. The minimum atomic E-state index is -0.110. The van der Waals surface area contributed by atoms with E-state index in [2.05, 4.69) is 15.6 Å². The lowest BCUT2D eigenvalue weighted by atomic mass is 9.81. The Bertz CT molecular complexity index is 833. The highest BCUT2D eigenvalue weighted by atomic mass is 16.5. The van der Waals surface area contributed by atoms with Crippen LogP contribution in [0.2, 0.25) is 0 Å². The van der Waals surface area contributed by atoms with Crippen LogP contribution < -0.4 is 20.1 Å². The molecule has 1 aliphatic rings. The molecule has 1 fully saturated rings. The lowest BCUT2D eigenvalue weighted by Crippen LogP contribution is -2.35. The minimum absolute atomic E-state index is 0.0336. The molecule has 0 saturated heterocycles. The Morgan fingerprint density at radius 2 is 1.72 bits per heavy atom. The maximum absolute atomic E-state index is 12.7. The van der Waals surface area contributed by atoms with Crippen LogP contribution >= 0.6 is 0 Å². The van der Waals surface area contributed by atoms with E-state index < -0.39 is 0 Å². The summed E-state index contributed by atoms with van der Waals surface area (Å²) in [4.78, 5) is 29.3.